The molecule has 54 valence electrons. The molecule has 1 aliphatic heterocycles. The van der Waals surface area contributed by atoms with Crippen molar-refractivity contribution < 1.29 is 4.74 Å². The van der Waals surface area contributed by atoms with E-state index in [0.717, 1.165) is 13.0 Å². The van der Waals surface area contributed by atoms with E-state index in [-0.39, 0.29) is 0 Å². The van der Waals surface area contributed by atoms with Crippen molar-refractivity contribution in [1.29, 1.82) is 0 Å². The topological polar surface area (TPSA) is 27.1 Å². The van der Waals surface area contributed by atoms with Crippen LogP contribution in [0.15, 0.2) is 6.20 Å². The Morgan fingerprint density at radius 3 is 3.40 bits per heavy atom. The molecule has 10 heavy (non-hydrogen) atoms. The zero-order valence-corrected chi connectivity index (χ0v) is 6.00. The first-order valence-electron chi connectivity index (χ1n) is 3.47. The summed E-state index contributed by atoms with van der Waals surface area (Å²) in [6.45, 7) is 3.56. The lowest BCUT2D eigenvalue weighted by Gasteiger charge is -2.14. The number of aryl methyl sites for hydroxylation is 1. The number of aromatic nitrogens is 2. The third-order valence-corrected chi connectivity index (χ3v) is 1.85. The molecule has 0 bridgehead atoms. The predicted octanol–water partition coefficient (Wildman–Crippen LogP) is 0.722. The molecule has 1 aliphatic rings. The van der Waals surface area contributed by atoms with Gasteiger partial charge in [0.25, 0.3) is 0 Å². The number of rotatable bonds is 0. The van der Waals surface area contributed by atoms with Gasteiger partial charge >= 0.3 is 0 Å². The minimum atomic E-state index is 0.628. The predicted molar refractivity (Wildman–Crippen MR) is 36.6 cm³/mol. The lowest BCUT2D eigenvalue weighted by molar-refractivity contribution is 0.0477. The smallest absolute Gasteiger partial charge is 0.139 e. The maximum absolute atomic E-state index is 5.21. The third-order valence-electron chi connectivity index (χ3n) is 1.85. The molecule has 2 heterocycles. The van der Waals surface area contributed by atoms with E-state index in [2.05, 4.69) is 12.0 Å². The molecule has 1 aromatic heterocycles. The molecule has 3 heteroatoms. The maximum atomic E-state index is 5.21. The van der Waals surface area contributed by atoms with E-state index in [1.165, 1.54) is 11.3 Å². The average Bonchev–Trinajstić information content (AvgIpc) is 2.34. The summed E-state index contributed by atoms with van der Waals surface area (Å²) in [6, 6.07) is 0. The molecular formula is C7H10N2O. The Morgan fingerprint density at radius 1 is 1.70 bits per heavy atom. The van der Waals surface area contributed by atoms with Crippen LogP contribution < -0.4 is 0 Å². The number of ether oxygens (including phenoxy) is 1. The first kappa shape index (κ1) is 5.92. The van der Waals surface area contributed by atoms with E-state index in [9.17, 15) is 0 Å². The van der Waals surface area contributed by atoms with Crippen LogP contribution in [0.5, 0.6) is 0 Å². The minimum absolute atomic E-state index is 0.628. The van der Waals surface area contributed by atoms with Crippen LogP contribution >= 0.6 is 0 Å². The molecule has 3 nitrogen and oxygen atoms in total. The Kier molecular flexibility index (Phi) is 1.24. The van der Waals surface area contributed by atoms with Crippen molar-refractivity contribution >= 4 is 0 Å². The summed E-state index contributed by atoms with van der Waals surface area (Å²) in [5, 5.41) is 4.15. The molecule has 0 aliphatic carbocycles. The molecule has 0 N–H and O–H groups in total. The highest BCUT2D eigenvalue weighted by molar-refractivity contribution is 5.16. The standard InChI is InChI=1S/C7H10N2O/c1-6-4-8-9-5-10-3-2-7(6)9/h4H,2-3,5H2,1H3. The molecule has 0 saturated carbocycles. The highest BCUT2D eigenvalue weighted by Crippen LogP contribution is 2.11. The summed E-state index contributed by atoms with van der Waals surface area (Å²) in [5.41, 5.74) is 2.61. The second-order valence-corrected chi connectivity index (χ2v) is 2.56. The summed E-state index contributed by atoms with van der Waals surface area (Å²) in [5.74, 6) is 0. The van der Waals surface area contributed by atoms with Crippen molar-refractivity contribution in [3.8, 4) is 0 Å². The minimum Gasteiger partial charge on any atom is -0.359 e. The molecule has 0 atom stereocenters. The van der Waals surface area contributed by atoms with Gasteiger partial charge in [0.2, 0.25) is 0 Å². The normalized spacial score (nSPS) is 16.9. The molecule has 0 spiro atoms. The van der Waals surface area contributed by atoms with Gasteiger partial charge in [-0.15, -0.1) is 0 Å². The zero-order valence-electron chi connectivity index (χ0n) is 6.00. The zero-order chi connectivity index (χ0) is 6.97. The average molecular weight is 138 g/mol. The molecule has 0 amide bonds. The van der Waals surface area contributed by atoms with Crippen LogP contribution in [-0.2, 0) is 17.9 Å². The van der Waals surface area contributed by atoms with Crippen LogP contribution in [0, 0.1) is 6.92 Å². The number of hydrogen-bond acceptors (Lipinski definition) is 2. The molecule has 2 rings (SSSR count). The van der Waals surface area contributed by atoms with Crippen molar-refractivity contribution in [2.24, 2.45) is 0 Å². The Bertz CT molecular complexity index is 242. The van der Waals surface area contributed by atoms with Gasteiger partial charge in [-0.25, -0.2) is 4.68 Å². The van der Waals surface area contributed by atoms with E-state index in [1.54, 1.807) is 0 Å². The highest BCUT2D eigenvalue weighted by atomic mass is 16.5. The first-order chi connectivity index (χ1) is 4.88. The van der Waals surface area contributed by atoms with Gasteiger partial charge in [0.15, 0.2) is 0 Å². The second kappa shape index (κ2) is 2.09. The van der Waals surface area contributed by atoms with Crippen molar-refractivity contribution in [2.75, 3.05) is 6.61 Å². The SMILES string of the molecule is Cc1cnn2c1CCOC2. The van der Waals surface area contributed by atoms with Crippen LogP contribution in [0.2, 0.25) is 0 Å². The molecule has 0 saturated heterocycles. The molecule has 1 aromatic rings. The van der Waals surface area contributed by atoms with E-state index >= 15 is 0 Å². The van der Waals surface area contributed by atoms with E-state index in [1.807, 2.05) is 10.9 Å². The summed E-state index contributed by atoms with van der Waals surface area (Å²) in [4.78, 5) is 0. The van der Waals surface area contributed by atoms with Crippen LogP contribution in [0.3, 0.4) is 0 Å². The van der Waals surface area contributed by atoms with Crippen molar-refractivity contribution in [1.82, 2.24) is 9.78 Å². The van der Waals surface area contributed by atoms with Gasteiger partial charge in [0.05, 0.1) is 12.8 Å². The van der Waals surface area contributed by atoms with E-state index in [0.29, 0.717) is 6.73 Å². The van der Waals surface area contributed by atoms with Crippen molar-refractivity contribution in [3.05, 3.63) is 17.5 Å². The molecule has 0 fully saturated rings. The monoisotopic (exact) mass is 138 g/mol. The Hall–Kier alpha value is -0.830. The fourth-order valence-corrected chi connectivity index (χ4v) is 1.26. The molecular weight excluding hydrogens is 128 g/mol. The molecule has 0 radical (unpaired) electrons. The van der Waals surface area contributed by atoms with Crippen LogP contribution in [0.1, 0.15) is 11.3 Å². The van der Waals surface area contributed by atoms with Gasteiger partial charge in [-0.1, -0.05) is 0 Å². The van der Waals surface area contributed by atoms with E-state index < -0.39 is 0 Å². The summed E-state index contributed by atoms with van der Waals surface area (Å²) >= 11 is 0. The van der Waals surface area contributed by atoms with E-state index in [4.69, 9.17) is 4.74 Å². The van der Waals surface area contributed by atoms with Gasteiger partial charge in [-0.05, 0) is 12.5 Å². The first-order valence-corrected chi connectivity index (χ1v) is 3.47. The Morgan fingerprint density at radius 2 is 2.60 bits per heavy atom. The van der Waals surface area contributed by atoms with Gasteiger partial charge in [-0.3, -0.25) is 0 Å². The number of hydrogen-bond donors (Lipinski definition) is 0. The lowest BCUT2D eigenvalue weighted by Crippen LogP contribution is -2.17. The third kappa shape index (κ3) is 0.743. The number of fused-ring (bicyclic) bond motifs is 1. The van der Waals surface area contributed by atoms with Gasteiger partial charge in [0, 0.05) is 12.1 Å². The van der Waals surface area contributed by atoms with Gasteiger partial charge in [-0.2, -0.15) is 5.10 Å². The molecule has 0 unspecified atom stereocenters. The van der Waals surface area contributed by atoms with Gasteiger partial charge < -0.3 is 4.74 Å². The summed E-state index contributed by atoms with van der Waals surface area (Å²) in [7, 11) is 0. The fourth-order valence-electron chi connectivity index (χ4n) is 1.26. The van der Waals surface area contributed by atoms with Crippen LogP contribution in [-0.4, -0.2) is 16.4 Å². The largest absolute Gasteiger partial charge is 0.359 e. The fraction of sp³-hybridized carbons (Fsp3) is 0.571. The highest BCUT2D eigenvalue weighted by Gasteiger charge is 2.10. The van der Waals surface area contributed by atoms with Crippen LogP contribution in [0.25, 0.3) is 0 Å². The lowest BCUT2D eigenvalue weighted by atomic mass is 10.2. The summed E-state index contributed by atoms with van der Waals surface area (Å²) in [6.07, 6.45) is 2.90. The maximum Gasteiger partial charge on any atom is 0.139 e. The number of nitrogens with zero attached hydrogens (tertiary/aromatic N) is 2. The Balaban J connectivity index is 2.45. The van der Waals surface area contributed by atoms with Crippen molar-refractivity contribution in [2.45, 2.75) is 20.1 Å². The second-order valence-electron chi connectivity index (χ2n) is 2.56. The quantitative estimate of drug-likeness (QED) is 0.528. The van der Waals surface area contributed by atoms with Crippen LogP contribution in [0.4, 0.5) is 0 Å². The van der Waals surface area contributed by atoms with Crippen molar-refractivity contribution in [3.63, 3.8) is 0 Å². The summed E-state index contributed by atoms with van der Waals surface area (Å²) < 4.78 is 7.13. The molecule has 0 aromatic carbocycles. The Labute approximate surface area is 59.6 Å². The van der Waals surface area contributed by atoms with Gasteiger partial charge in [0.1, 0.15) is 6.73 Å².